The first-order valence-corrected chi connectivity index (χ1v) is 26.6. The highest BCUT2D eigenvalue weighted by Gasteiger charge is 2.45. The lowest BCUT2D eigenvalue weighted by molar-refractivity contribution is 0.550. The van der Waals surface area contributed by atoms with E-state index in [0.29, 0.717) is 0 Å². The van der Waals surface area contributed by atoms with Crippen LogP contribution in [0.5, 0.6) is 0 Å². The van der Waals surface area contributed by atoms with Gasteiger partial charge >= 0.3 is 0 Å². The smallest absolute Gasteiger partial charge is 0.0535 e. The molecule has 0 unspecified atom stereocenters. The van der Waals surface area contributed by atoms with Crippen LogP contribution in [0, 0.1) is 0 Å². The third kappa shape index (κ3) is 6.94. The maximum atomic E-state index is 2.61. The molecular formula is C73H52N2. The Bertz CT molecular complexity index is 4210. The van der Waals surface area contributed by atoms with E-state index in [-0.39, 0.29) is 5.41 Å². The molecule has 0 N–H and O–H groups in total. The molecule has 2 aliphatic carbocycles. The van der Waals surface area contributed by atoms with Gasteiger partial charge in [0, 0.05) is 16.8 Å². The first-order valence-electron chi connectivity index (χ1n) is 26.6. The minimum Gasteiger partial charge on any atom is -0.309 e. The van der Waals surface area contributed by atoms with E-state index in [1.165, 1.54) is 125 Å². The van der Waals surface area contributed by atoms with Crippen LogP contribution >= 0.6 is 0 Å². The Morgan fingerprint density at radius 1 is 0.267 bits per heavy atom. The number of fused-ring (bicyclic) bond motifs is 8. The molecule has 0 atom stereocenters. The highest BCUT2D eigenvalue weighted by atomic mass is 15.0. The van der Waals surface area contributed by atoms with Crippen LogP contribution in [0.15, 0.2) is 267 Å². The fourth-order valence-electron chi connectivity index (χ4n) is 13.3. The van der Waals surface area contributed by atoms with Crippen molar-refractivity contribution in [3.05, 3.63) is 278 Å². The molecule has 13 aromatic rings. The van der Waals surface area contributed by atoms with Gasteiger partial charge in [-0.3, -0.25) is 0 Å². The summed E-state index contributed by atoms with van der Waals surface area (Å²) < 4.78 is 4.95. The topological polar surface area (TPSA) is 9.86 Å². The van der Waals surface area contributed by atoms with Crippen molar-refractivity contribution >= 4 is 32.3 Å². The summed E-state index contributed by atoms with van der Waals surface area (Å²) >= 11 is 0. The van der Waals surface area contributed by atoms with E-state index in [4.69, 9.17) is 0 Å². The van der Waals surface area contributed by atoms with Gasteiger partial charge in [0.05, 0.1) is 22.8 Å². The zero-order valence-electron chi connectivity index (χ0n) is 41.6. The summed E-state index contributed by atoms with van der Waals surface area (Å²) in [5.74, 6) is 0. The summed E-state index contributed by atoms with van der Waals surface area (Å²) in [7, 11) is 0. The van der Waals surface area contributed by atoms with Crippen LogP contribution in [0.25, 0.3) is 122 Å². The van der Waals surface area contributed by atoms with E-state index in [9.17, 15) is 0 Å². The molecule has 1 fully saturated rings. The fourth-order valence-corrected chi connectivity index (χ4v) is 13.3. The molecule has 75 heavy (non-hydrogen) atoms. The van der Waals surface area contributed by atoms with E-state index < -0.39 is 0 Å². The number of benzene rings is 11. The van der Waals surface area contributed by atoms with Crippen molar-refractivity contribution in [2.45, 2.75) is 31.1 Å². The van der Waals surface area contributed by atoms with Crippen molar-refractivity contribution in [1.82, 2.24) is 9.13 Å². The van der Waals surface area contributed by atoms with Crippen LogP contribution in [-0.2, 0) is 5.41 Å². The molecule has 354 valence electrons. The van der Waals surface area contributed by atoms with Crippen molar-refractivity contribution in [3.63, 3.8) is 0 Å². The molecular weight excluding hydrogens is 905 g/mol. The molecule has 2 nitrogen and oxygen atoms in total. The van der Waals surface area contributed by atoms with Crippen LogP contribution in [0.3, 0.4) is 0 Å². The second-order valence-electron chi connectivity index (χ2n) is 20.7. The molecule has 11 aromatic carbocycles. The van der Waals surface area contributed by atoms with Gasteiger partial charge in [0.2, 0.25) is 0 Å². The molecule has 2 aliphatic rings. The van der Waals surface area contributed by atoms with Crippen LogP contribution in [-0.4, -0.2) is 9.13 Å². The first kappa shape index (κ1) is 43.4. The molecule has 15 rings (SSSR count). The highest BCUT2D eigenvalue weighted by Crippen LogP contribution is 2.58. The lowest BCUT2D eigenvalue weighted by Crippen LogP contribution is -2.20. The number of hydrogen-bond donors (Lipinski definition) is 0. The SMILES string of the molecule is c1ccc(-c2ccc(-c3ccccc3)n2-c2ccc3c(-c4ccc5ccccc5c4)c4cc(-n5c(-c6ccccc6)ccc5-c5ccccc5)ccc4c(-c4ccc5c(c4)C4(CCCC4)c4ccccc4-5)c3c2)cc1. The zero-order chi connectivity index (χ0) is 49.5. The molecule has 1 saturated carbocycles. The molecule has 2 heterocycles. The number of hydrogen-bond acceptors (Lipinski definition) is 0. The summed E-state index contributed by atoms with van der Waals surface area (Å²) in [4.78, 5) is 0. The van der Waals surface area contributed by atoms with E-state index >= 15 is 0 Å². The monoisotopic (exact) mass is 956 g/mol. The second-order valence-corrected chi connectivity index (χ2v) is 20.7. The van der Waals surface area contributed by atoms with Gasteiger partial charge in [-0.05, 0) is 173 Å². The van der Waals surface area contributed by atoms with Gasteiger partial charge in [-0.15, -0.1) is 0 Å². The minimum atomic E-state index is 0.0212. The summed E-state index contributed by atoms with van der Waals surface area (Å²) in [6.45, 7) is 0. The van der Waals surface area contributed by atoms with Gasteiger partial charge in [0.1, 0.15) is 0 Å². The molecule has 2 heteroatoms. The van der Waals surface area contributed by atoms with Crippen molar-refractivity contribution in [1.29, 1.82) is 0 Å². The summed E-state index contributed by atoms with van der Waals surface area (Å²) in [6, 6.07) is 99.7. The molecule has 0 bridgehead atoms. The minimum absolute atomic E-state index is 0.0212. The normalized spacial score (nSPS) is 13.5. The van der Waals surface area contributed by atoms with Gasteiger partial charge < -0.3 is 9.13 Å². The molecule has 1 spiro atoms. The first-order chi connectivity index (χ1) is 37.2. The average molecular weight is 957 g/mol. The van der Waals surface area contributed by atoms with Crippen LogP contribution in [0.2, 0.25) is 0 Å². The Kier molecular flexibility index (Phi) is 10.1. The highest BCUT2D eigenvalue weighted by molar-refractivity contribution is 6.22. The maximum absolute atomic E-state index is 2.61. The summed E-state index contributed by atoms with van der Waals surface area (Å²) in [5, 5.41) is 7.37. The van der Waals surface area contributed by atoms with Gasteiger partial charge in [-0.2, -0.15) is 0 Å². The Morgan fingerprint density at radius 2 is 0.680 bits per heavy atom. The molecule has 0 aliphatic heterocycles. The average Bonchev–Trinajstić information content (AvgIpc) is 4.37. The largest absolute Gasteiger partial charge is 0.309 e. The van der Waals surface area contributed by atoms with Crippen molar-refractivity contribution in [2.24, 2.45) is 0 Å². The van der Waals surface area contributed by atoms with E-state index in [2.05, 4.69) is 276 Å². The molecule has 2 aromatic heterocycles. The molecule has 0 amide bonds. The van der Waals surface area contributed by atoms with Crippen molar-refractivity contribution in [3.8, 4) is 89.8 Å². The Balaban J connectivity index is 1.07. The Labute approximate surface area is 438 Å². The third-order valence-corrected chi connectivity index (χ3v) is 16.7. The second kappa shape index (κ2) is 17.5. The Morgan fingerprint density at radius 3 is 1.19 bits per heavy atom. The van der Waals surface area contributed by atoms with Gasteiger partial charge in [-0.1, -0.05) is 219 Å². The quantitative estimate of drug-likeness (QED) is 0.134. The Hall–Kier alpha value is -9.24. The zero-order valence-corrected chi connectivity index (χ0v) is 41.6. The molecule has 0 saturated heterocycles. The molecule has 0 radical (unpaired) electrons. The number of nitrogens with zero attached hydrogens (tertiary/aromatic N) is 2. The van der Waals surface area contributed by atoms with Crippen LogP contribution < -0.4 is 0 Å². The standard InChI is InChI=1S/C73H52N2/c1-5-20-50(21-6-1)67-39-40-68(51-22-7-2-8-23-51)74(67)57-35-38-62-63(47-57)71(55-32-31-49-19-13-14-28-54(49)45-55)61-37-34-58(75-69(52-24-9-3-10-25-52)41-42-70(75)53-26-11-4-12-27-53)48-64(61)72(62)56-33-36-60-59-29-15-16-30-65(59)73(66(60)46-56)43-17-18-44-73/h1-16,19-42,45-48H,17-18,43-44H2. The van der Waals surface area contributed by atoms with E-state index in [1.807, 2.05) is 0 Å². The van der Waals surface area contributed by atoms with Gasteiger partial charge in [0.25, 0.3) is 0 Å². The van der Waals surface area contributed by atoms with Crippen molar-refractivity contribution < 1.29 is 0 Å². The lowest BCUT2D eigenvalue weighted by Gasteiger charge is -2.27. The predicted octanol–water partition coefficient (Wildman–Crippen LogP) is 19.6. The van der Waals surface area contributed by atoms with E-state index in [1.54, 1.807) is 0 Å². The predicted molar refractivity (Wildman–Crippen MR) is 315 cm³/mol. The van der Waals surface area contributed by atoms with Crippen LogP contribution in [0.4, 0.5) is 0 Å². The fraction of sp³-hybridized carbons (Fsp3) is 0.0685. The van der Waals surface area contributed by atoms with Gasteiger partial charge in [-0.25, -0.2) is 0 Å². The van der Waals surface area contributed by atoms with E-state index in [0.717, 1.165) is 34.2 Å². The number of rotatable bonds is 8. The summed E-state index contributed by atoms with van der Waals surface area (Å²) in [5.41, 5.74) is 22.3. The van der Waals surface area contributed by atoms with Crippen molar-refractivity contribution in [2.75, 3.05) is 0 Å². The maximum Gasteiger partial charge on any atom is 0.0535 e. The third-order valence-electron chi connectivity index (χ3n) is 16.7. The lowest BCUT2D eigenvalue weighted by atomic mass is 9.76. The number of aromatic nitrogens is 2. The van der Waals surface area contributed by atoms with Crippen LogP contribution in [0.1, 0.15) is 36.8 Å². The summed E-state index contributed by atoms with van der Waals surface area (Å²) in [6.07, 6.45) is 4.85. The van der Waals surface area contributed by atoms with Gasteiger partial charge in [0.15, 0.2) is 0 Å².